The van der Waals surface area contributed by atoms with Gasteiger partial charge in [-0.2, -0.15) is 0 Å². The third-order valence-corrected chi connectivity index (χ3v) is 3.84. The molecule has 1 saturated carbocycles. The number of rotatable bonds is 0. The molecule has 1 heterocycles. The van der Waals surface area contributed by atoms with Crippen molar-refractivity contribution in [1.82, 2.24) is 10.2 Å². The van der Waals surface area contributed by atoms with E-state index in [1.807, 2.05) is 0 Å². The number of fused-ring (bicyclic) bond motifs is 1. The fraction of sp³-hybridized carbons (Fsp3) is 1.00. The predicted molar refractivity (Wildman–Crippen MR) is 40.5 cm³/mol. The molecule has 60 valence electrons. The standard InChI is InChI=1S/C5H13N2O2P/c8-10(9)6-4-2-1-3-5(4)7-10/h4-10H,1-3H2. The Kier molecular flexibility index (Phi) is 1.48. The van der Waals surface area contributed by atoms with Crippen LogP contribution in [0.2, 0.25) is 0 Å². The van der Waals surface area contributed by atoms with Crippen LogP contribution in [-0.2, 0) is 0 Å². The van der Waals surface area contributed by atoms with Crippen LogP contribution < -0.4 is 10.2 Å². The zero-order valence-electron chi connectivity index (χ0n) is 5.67. The molecule has 1 aliphatic heterocycles. The van der Waals surface area contributed by atoms with E-state index >= 15 is 0 Å². The molecular weight excluding hydrogens is 151 g/mol. The third kappa shape index (κ3) is 1.06. The van der Waals surface area contributed by atoms with Crippen LogP contribution in [0.4, 0.5) is 0 Å². The summed E-state index contributed by atoms with van der Waals surface area (Å²) in [6, 6.07) is 0.642. The van der Waals surface area contributed by atoms with Gasteiger partial charge in [0.15, 0.2) is 0 Å². The molecule has 4 nitrogen and oxygen atoms in total. The maximum atomic E-state index is 9.17. The Balaban J connectivity index is 2.07. The summed E-state index contributed by atoms with van der Waals surface area (Å²) in [7, 11) is -3.14. The zero-order chi connectivity index (χ0) is 7.19. The van der Waals surface area contributed by atoms with Crippen LogP contribution >= 0.6 is 8.02 Å². The van der Waals surface area contributed by atoms with Crippen molar-refractivity contribution in [2.45, 2.75) is 31.3 Å². The van der Waals surface area contributed by atoms with Crippen LogP contribution in [0.25, 0.3) is 0 Å². The second-order valence-corrected chi connectivity index (χ2v) is 5.03. The molecular formula is C5H13N2O2P. The first-order chi connectivity index (χ1) is 4.67. The fourth-order valence-electron chi connectivity index (χ4n) is 1.86. The number of nitrogens with one attached hydrogen (secondary N) is 2. The van der Waals surface area contributed by atoms with Gasteiger partial charge in [-0.25, -0.2) is 0 Å². The molecule has 2 unspecified atom stereocenters. The van der Waals surface area contributed by atoms with Crippen LogP contribution in [-0.4, -0.2) is 21.9 Å². The van der Waals surface area contributed by atoms with Gasteiger partial charge in [0.25, 0.3) is 0 Å². The molecule has 5 heteroatoms. The Hall–Kier alpha value is 0.270. The van der Waals surface area contributed by atoms with Gasteiger partial charge in [0.2, 0.25) is 0 Å². The Morgan fingerprint density at radius 3 is 2.10 bits per heavy atom. The fourth-order valence-corrected chi connectivity index (χ4v) is 3.67. The SMILES string of the molecule is O[PH]1(O)NC2CCCC2N1. The van der Waals surface area contributed by atoms with Gasteiger partial charge in [0, 0.05) is 0 Å². The van der Waals surface area contributed by atoms with Gasteiger partial charge >= 0.3 is 59.3 Å². The molecule has 0 aromatic rings. The summed E-state index contributed by atoms with van der Waals surface area (Å²) in [4.78, 5) is 18.3. The van der Waals surface area contributed by atoms with E-state index in [1.54, 1.807) is 0 Å². The molecule has 0 aromatic carbocycles. The number of hydrogen-bond acceptors (Lipinski definition) is 4. The molecule has 0 amide bonds. The molecule has 2 aliphatic rings. The van der Waals surface area contributed by atoms with E-state index in [4.69, 9.17) is 0 Å². The first kappa shape index (κ1) is 6.95. The van der Waals surface area contributed by atoms with Crippen molar-refractivity contribution < 1.29 is 9.79 Å². The van der Waals surface area contributed by atoms with Gasteiger partial charge in [0.05, 0.1) is 0 Å². The normalized spacial score (nSPS) is 47.0. The van der Waals surface area contributed by atoms with E-state index < -0.39 is 8.02 Å². The Bertz CT molecular complexity index is 139. The second-order valence-electron chi connectivity index (χ2n) is 3.10. The quantitative estimate of drug-likeness (QED) is 0.364. The van der Waals surface area contributed by atoms with Gasteiger partial charge in [-0.15, -0.1) is 0 Å². The van der Waals surface area contributed by atoms with Gasteiger partial charge < -0.3 is 0 Å². The zero-order valence-corrected chi connectivity index (χ0v) is 6.67. The molecule has 2 atom stereocenters. The maximum absolute atomic E-state index is 9.17. The van der Waals surface area contributed by atoms with Crippen LogP contribution in [0.1, 0.15) is 19.3 Å². The van der Waals surface area contributed by atoms with Crippen molar-refractivity contribution in [3.05, 3.63) is 0 Å². The van der Waals surface area contributed by atoms with E-state index in [2.05, 4.69) is 10.2 Å². The Morgan fingerprint density at radius 1 is 1.10 bits per heavy atom. The molecule has 1 saturated heterocycles. The minimum absolute atomic E-state index is 0.321. The van der Waals surface area contributed by atoms with E-state index in [9.17, 15) is 9.79 Å². The van der Waals surface area contributed by atoms with Gasteiger partial charge in [0.1, 0.15) is 0 Å². The van der Waals surface area contributed by atoms with Crippen LogP contribution in [0.5, 0.6) is 0 Å². The van der Waals surface area contributed by atoms with E-state index in [0.29, 0.717) is 12.1 Å². The monoisotopic (exact) mass is 164 g/mol. The van der Waals surface area contributed by atoms with Crippen molar-refractivity contribution in [3.63, 3.8) is 0 Å². The van der Waals surface area contributed by atoms with Crippen molar-refractivity contribution in [3.8, 4) is 0 Å². The summed E-state index contributed by atoms with van der Waals surface area (Å²) in [6.07, 6.45) is 3.35. The molecule has 0 bridgehead atoms. The molecule has 2 rings (SSSR count). The topological polar surface area (TPSA) is 64.5 Å². The van der Waals surface area contributed by atoms with Crippen LogP contribution in [0.3, 0.4) is 0 Å². The first-order valence-corrected chi connectivity index (χ1v) is 5.57. The van der Waals surface area contributed by atoms with E-state index in [0.717, 1.165) is 12.8 Å². The molecule has 0 aromatic heterocycles. The Morgan fingerprint density at radius 2 is 1.60 bits per heavy atom. The van der Waals surface area contributed by atoms with Gasteiger partial charge in [-0.05, 0) is 0 Å². The van der Waals surface area contributed by atoms with Gasteiger partial charge in [-0.1, -0.05) is 0 Å². The second kappa shape index (κ2) is 2.13. The van der Waals surface area contributed by atoms with Crippen LogP contribution in [0, 0.1) is 0 Å². The summed E-state index contributed by atoms with van der Waals surface area (Å²) in [6.45, 7) is 0. The van der Waals surface area contributed by atoms with E-state index in [1.165, 1.54) is 6.42 Å². The Labute approximate surface area is 60.2 Å². The first-order valence-electron chi connectivity index (χ1n) is 3.67. The molecule has 10 heavy (non-hydrogen) atoms. The average Bonchev–Trinajstić information content (AvgIpc) is 2.20. The number of hydrogen-bond donors (Lipinski definition) is 4. The van der Waals surface area contributed by atoms with Crippen molar-refractivity contribution in [2.75, 3.05) is 0 Å². The van der Waals surface area contributed by atoms with Crippen molar-refractivity contribution in [1.29, 1.82) is 0 Å². The predicted octanol–water partition coefficient (Wildman–Crippen LogP) is -0.505. The molecule has 4 N–H and O–H groups in total. The summed E-state index contributed by atoms with van der Waals surface area (Å²) >= 11 is 0. The molecule has 0 radical (unpaired) electrons. The van der Waals surface area contributed by atoms with Gasteiger partial charge in [-0.3, -0.25) is 0 Å². The summed E-state index contributed by atoms with van der Waals surface area (Å²) in [5.74, 6) is 0. The molecule has 0 spiro atoms. The van der Waals surface area contributed by atoms with Crippen molar-refractivity contribution in [2.24, 2.45) is 0 Å². The third-order valence-electron chi connectivity index (χ3n) is 2.29. The summed E-state index contributed by atoms with van der Waals surface area (Å²) in [5, 5.41) is 5.66. The summed E-state index contributed by atoms with van der Waals surface area (Å²) < 4.78 is 0. The minimum atomic E-state index is -3.14. The van der Waals surface area contributed by atoms with Crippen LogP contribution in [0.15, 0.2) is 0 Å². The van der Waals surface area contributed by atoms with E-state index in [-0.39, 0.29) is 0 Å². The molecule has 2 fully saturated rings. The summed E-state index contributed by atoms with van der Waals surface area (Å²) in [5.41, 5.74) is 0. The molecule has 1 aliphatic carbocycles. The van der Waals surface area contributed by atoms with Crippen molar-refractivity contribution >= 4 is 8.02 Å². The average molecular weight is 164 g/mol.